The van der Waals surface area contributed by atoms with Crippen LogP contribution in [0.1, 0.15) is 25.7 Å². The van der Waals surface area contributed by atoms with Crippen molar-refractivity contribution in [1.82, 2.24) is 0 Å². The van der Waals surface area contributed by atoms with Gasteiger partial charge in [0.15, 0.2) is 0 Å². The van der Waals surface area contributed by atoms with Crippen LogP contribution in [-0.2, 0) is 0 Å². The summed E-state index contributed by atoms with van der Waals surface area (Å²) < 4.78 is 0. The van der Waals surface area contributed by atoms with Crippen molar-refractivity contribution in [3.05, 3.63) is 25.3 Å². The molecule has 0 N–H and O–H groups in total. The van der Waals surface area contributed by atoms with Gasteiger partial charge in [0, 0.05) is 10.5 Å². The third-order valence-corrected chi connectivity index (χ3v) is 3.68. The average Bonchev–Trinajstić information content (AvgIpc) is 2.38. The summed E-state index contributed by atoms with van der Waals surface area (Å²) in [7, 11) is 0. The number of thioether (sulfide) groups is 1. The fraction of sp³-hybridized carbons (Fsp3) is 0.600. The van der Waals surface area contributed by atoms with E-state index in [4.69, 9.17) is 0 Å². The zero-order valence-corrected chi connectivity index (χ0v) is 7.78. The smallest absolute Gasteiger partial charge is 0.00847 e. The molecular formula is C10H16S. The van der Waals surface area contributed by atoms with Gasteiger partial charge in [0.05, 0.1) is 0 Å². The summed E-state index contributed by atoms with van der Waals surface area (Å²) in [6, 6.07) is 0. The molecule has 1 rings (SSSR count). The van der Waals surface area contributed by atoms with Gasteiger partial charge in [-0.2, -0.15) is 11.8 Å². The molecule has 0 aromatic rings. The molecule has 0 aliphatic carbocycles. The van der Waals surface area contributed by atoms with Crippen LogP contribution in [-0.4, -0.2) is 10.5 Å². The van der Waals surface area contributed by atoms with Gasteiger partial charge in [0.2, 0.25) is 0 Å². The molecular weight excluding hydrogens is 152 g/mol. The van der Waals surface area contributed by atoms with Gasteiger partial charge in [-0.1, -0.05) is 12.2 Å². The predicted molar refractivity (Wildman–Crippen MR) is 54.0 cm³/mol. The fourth-order valence-corrected chi connectivity index (χ4v) is 3.08. The van der Waals surface area contributed by atoms with E-state index in [1.54, 1.807) is 0 Å². The van der Waals surface area contributed by atoms with E-state index >= 15 is 0 Å². The van der Waals surface area contributed by atoms with Crippen LogP contribution in [0.25, 0.3) is 0 Å². The van der Waals surface area contributed by atoms with Gasteiger partial charge in [0.25, 0.3) is 0 Å². The summed E-state index contributed by atoms with van der Waals surface area (Å²) in [5, 5.41) is 1.69. The van der Waals surface area contributed by atoms with Gasteiger partial charge >= 0.3 is 0 Å². The summed E-state index contributed by atoms with van der Waals surface area (Å²) >= 11 is 2.12. The third kappa shape index (κ3) is 2.74. The van der Waals surface area contributed by atoms with E-state index in [1.807, 2.05) is 12.2 Å². The zero-order valence-electron chi connectivity index (χ0n) is 6.96. The molecule has 0 amide bonds. The van der Waals surface area contributed by atoms with Crippen LogP contribution < -0.4 is 0 Å². The monoisotopic (exact) mass is 168 g/mol. The van der Waals surface area contributed by atoms with Crippen LogP contribution in [0.2, 0.25) is 0 Å². The highest BCUT2D eigenvalue weighted by Gasteiger charge is 2.22. The Hall–Kier alpha value is -0.170. The molecule has 0 bridgehead atoms. The van der Waals surface area contributed by atoms with Gasteiger partial charge in [-0.05, 0) is 25.7 Å². The van der Waals surface area contributed by atoms with Crippen molar-refractivity contribution in [2.75, 3.05) is 0 Å². The number of hydrogen-bond acceptors (Lipinski definition) is 1. The van der Waals surface area contributed by atoms with Crippen LogP contribution in [0.5, 0.6) is 0 Å². The molecule has 0 spiro atoms. The van der Waals surface area contributed by atoms with E-state index in [0.717, 1.165) is 10.5 Å². The third-order valence-electron chi connectivity index (χ3n) is 2.05. The molecule has 1 aliphatic rings. The minimum atomic E-state index is 0.845. The maximum Gasteiger partial charge on any atom is 0.00847 e. The molecule has 1 aliphatic heterocycles. The quantitative estimate of drug-likeness (QED) is 0.580. The van der Waals surface area contributed by atoms with Crippen molar-refractivity contribution >= 4 is 11.8 Å². The standard InChI is InChI=1S/C10H16S/c1-3-5-9-7-8-10(11-9)6-4-2/h3-4,9-10H,1-2,5-8H2. The van der Waals surface area contributed by atoms with Gasteiger partial charge in [-0.3, -0.25) is 0 Å². The molecule has 1 heterocycles. The van der Waals surface area contributed by atoms with Crippen molar-refractivity contribution < 1.29 is 0 Å². The normalized spacial score (nSPS) is 30.2. The lowest BCUT2D eigenvalue weighted by Crippen LogP contribution is -1.94. The van der Waals surface area contributed by atoms with Crippen molar-refractivity contribution in [3.63, 3.8) is 0 Å². The molecule has 0 nitrogen and oxygen atoms in total. The average molecular weight is 168 g/mol. The van der Waals surface area contributed by atoms with Crippen molar-refractivity contribution in [2.24, 2.45) is 0 Å². The highest BCUT2D eigenvalue weighted by Crippen LogP contribution is 2.37. The molecule has 2 atom stereocenters. The Balaban J connectivity index is 2.22. The Morgan fingerprint density at radius 1 is 1.09 bits per heavy atom. The minimum absolute atomic E-state index is 0.845. The zero-order chi connectivity index (χ0) is 8.10. The first-order chi connectivity index (χ1) is 5.36. The Morgan fingerprint density at radius 3 is 1.91 bits per heavy atom. The second-order valence-corrected chi connectivity index (χ2v) is 4.61. The van der Waals surface area contributed by atoms with Crippen LogP contribution in [0.15, 0.2) is 25.3 Å². The highest BCUT2D eigenvalue weighted by atomic mass is 32.2. The Labute approximate surface area is 73.8 Å². The van der Waals surface area contributed by atoms with E-state index in [-0.39, 0.29) is 0 Å². The first kappa shape index (κ1) is 8.92. The molecule has 1 fully saturated rings. The molecule has 1 saturated heterocycles. The number of rotatable bonds is 4. The van der Waals surface area contributed by atoms with E-state index in [1.165, 1.54) is 25.7 Å². The molecule has 0 radical (unpaired) electrons. The van der Waals surface area contributed by atoms with Crippen LogP contribution in [0, 0.1) is 0 Å². The molecule has 2 unspecified atom stereocenters. The van der Waals surface area contributed by atoms with Crippen LogP contribution in [0.4, 0.5) is 0 Å². The highest BCUT2D eigenvalue weighted by molar-refractivity contribution is 8.00. The topological polar surface area (TPSA) is 0 Å². The largest absolute Gasteiger partial charge is 0.155 e. The molecule has 1 heteroatoms. The summed E-state index contributed by atoms with van der Waals surface area (Å²) in [5.74, 6) is 0. The Bertz CT molecular complexity index is 124. The first-order valence-corrected chi connectivity index (χ1v) is 5.18. The van der Waals surface area contributed by atoms with E-state index in [9.17, 15) is 0 Å². The molecule has 0 aromatic heterocycles. The maximum atomic E-state index is 3.76. The molecule has 0 saturated carbocycles. The number of allylic oxidation sites excluding steroid dienone is 2. The van der Waals surface area contributed by atoms with Gasteiger partial charge < -0.3 is 0 Å². The van der Waals surface area contributed by atoms with Gasteiger partial charge in [-0.15, -0.1) is 13.2 Å². The fourth-order valence-electron chi connectivity index (χ4n) is 1.50. The van der Waals surface area contributed by atoms with Gasteiger partial charge in [-0.25, -0.2) is 0 Å². The van der Waals surface area contributed by atoms with Crippen LogP contribution in [0.3, 0.4) is 0 Å². The van der Waals surface area contributed by atoms with Crippen molar-refractivity contribution in [1.29, 1.82) is 0 Å². The lowest BCUT2D eigenvalue weighted by molar-refractivity contribution is 0.727. The summed E-state index contributed by atoms with van der Waals surface area (Å²) in [5.41, 5.74) is 0. The van der Waals surface area contributed by atoms with Crippen LogP contribution >= 0.6 is 11.8 Å². The minimum Gasteiger partial charge on any atom is -0.155 e. The Morgan fingerprint density at radius 2 is 1.55 bits per heavy atom. The lowest BCUT2D eigenvalue weighted by Gasteiger charge is -2.06. The van der Waals surface area contributed by atoms with Crippen molar-refractivity contribution in [2.45, 2.75) is 36.2 Å². The molecule has 62 valence electrons. The van der Waals surface area contributed by atoms with E-state index in [2.05, 4.69) is 24.9 Å². The maximum absolute atomic E-state index is 3.76. The van der Waals surface area contributed by atoms with E-state index < -0.39 is 0 Å². The lowest BCUT2D eigenvalue weighted by atomic mass is 10.1. The Kier molecular flexibility index (Phi) is 3.78. The summed E-state index contributed by atoms with van der Waals surface area (Å²) in [4.78, 5) is 0. The predicted octanol–water partition coefficient (Wildman–Crippen LogP) is 3.40. The van der Waals surface area contributed by atoms with E-state index in [0.29, 0.717) is 0 Å². The van der Waals surface area contributed by atoms with Gasteiger partial charge in [0.1, 0.15) is 0 Å². The molecule has 0 aromatic carbocycles. The first-order valence-electron chi connectivity index (χ1n) is 4.24. The summed E-state index contributed by atoms with van der Waals surface area (Å²) in [6.07, 6.45) is 9.17. The SMILES string of the molecule is C=CCC1CCC(CC=C)S1. The number of hydrogen-bond donors (Lipinski definition) is 0. The second-order valence-electron chi connectivity index (χ2n) is 3.01. The summed E-state index contributed by atoms with van der Waals surface area (Å²) in [6.45, 7) is 7.52. The second kappa shape index (κ2) is 4.66. The molecule has 11 heavy (non-hydrogen) atoms. The van der Waals surface area contributed by atoms with Crippen molar-refractivity contribution in [3.8, 4) is 0 Å².